The molecule has 1 saturated heterocycles. The number of ether oxygens (including phenoxy) is 1. The molecule has 0 spiro atoms. The quantitative estimate of drug-likeness (QED) is 0.697. The van der Waals surface area contributed by atoms with Gasteiger partial charge in [0.25, 0.3) is 0 Å². The molecule has 8 nitrogen and oxygen atoms in total. The molecule has 1 aliphatic rings. The van der Waals surface area contributed by atoms with E-state index in [1.54, 1.807) is 6.92 Å². The maximum Gasteiger partial charge on any atom is 0.223 e. The molecule has 1 aliphatic heterocycles. The third-order valence-electron chi connectivity index (χ3n) is 4.43. The molecule has 0 radical (unpaired) electrons. The van der Waals surface area contributed by atoms with Gasteiger partial charge in [0.2, 0.25) is 11.7 Å². The fraction of sp³-hybridized carbons (Fsp3) is 0.556. The second kappa shape index (κ2) is 9.09. The lowest BCUT2D eigenvalue weighted by atomic mass is 10.2. The second-order valence-electron chi connectivity index (χ2n) is 6.49. The van der Waals surface area contributed by atoms with Gasteiger partial charge in [0.05, 0.1) is 6.61 Å². The maximum atomic E-state index is 10.2. The molecule has 2 N–H and O–H groups in total. The first-order chi connectivity index (χ1) is 12.6. The SMILES string of the molecule is Cc1nc(-c2ccc(OC[C@@H](O)CN3CCN(CCO)CC3)cc2)no1. The summed E-state index contributed by atoms with van der Waals surface area (Å²) in [7, 11) is 0. The van der Waals surface area contributed by atoms with Gasteiger partial charge in [-0.2, -0.15) is 4.98 Å². The molecule has 1 aromatic carbocycles. The molecule has 0 saturated carbocycles. The van der Waals surface area contributed by atoms with Gasteiger partial charge in [-0.1, -0.05) is 5.16 Å². The Hall–Kier alpha value is -2.00. The molecular formula is C18H26N4O4. The molecule has 2 aromatic rings. The van der Waals surface area contributed by atoms with E-state index in [0.29, 0.717) is 24.0 Å². The maximum absolute atomic E-state index is 10.2. The van der Waals surface area contributed by atoms with Crippen molar-refractivity contribution in [2.45, 2.75) is 13.0 Å². The molecule has 0 unspecified atom stereocenters. The van der Waals surface area contributed by atoms with Crippen LogP contribution in [0.2, 0.25) is 0 Å². The highest BCUT2D eigenvalue weighted by Crippen LogP contribution is 2.20. The average molecular weight is 362 g/mol. The van der Waals surface area contributed by atoms with Crippen molar-refractivity contribution in [2.75, 3.05) is 52.5 Å². The highest BCUT2D eigenvalue weighted by molar-refractivity contribution is 5.55. The zero-order valence-corrected chi connectivity index (χ0v) is 15.0. The number of aromatic nitrogens is 2. The first-order valence-corrected chi connectivity index (χ1v) is 8.91. The Morgan fingerprint density at radius 1 is 1.15 bits per heavy atom. The highest BCUT2D eigenvalue weighted by atomic mass is 16.5. The molecule has 3 rings (SSSR count). The fourth-order valence-electron chi connectivity index (χ4n) is 3.00. The van der Waals surface area contributed by atoms with Crippen LogP contribution in [0.5, 0.6) is 5.75 Å². The van der Waals surface area contributed by atoms with Crippen molar-refractivity contribution in [3.8, 4) is 17.1 Å². The smallest absolute Gasteiger partial charge is 0.223 e. The van der Waals surface area contributed by atoms with Gasteiger partial charge in [-0.25, -0.2) is 0 Å². The minimum Gasteiger partial charge on any atom is -0.491 e. The van der Waals surface area contributed by atoms with Gasteiger partial charge in [-0.05, 0) is 24.3 Å². The molecular weight excluding hydrogens is 336 g/mol. The lowest BCUT2D eigenvalue weighted by Gasteiger charge is -2.35. The van der Waals surface area contributed by atoms with Gasteiger partial charge in [-0.3, -0.25) is 9.80 Å². The highest BCUT2D eigenvalue weighted by Gasteiger charge is 2.19. The van der Waals surface area contributed by atoms with E-state index in [1.165, 1.54) is 0 Å². The van der Waals surface area contributed by atoms with Gasteiger partial charge in [0.1, 0.15) is 18.5 Å². The summed E-state index contributed by atoms with van der Waals surface area (Å²) in [4.78, 5) is 8.64. The molecule has 26 heavy (non-hydrogen) atoms. The van der Waals surface area contributed by atoms with Crippen molar-refractivity contribution < 1.29 is 19.5 Å². The normalized spacial score (nSPS) is 17.3. The van der Waals surface area contributed by atoms with Crippen molar-refractivity contribution in [2.24, 2.45) is 0 Å². The molecule has 1 aromatic heterocycles. The number of aliphatic hydroxyl groups is 2. The predicted octanol–water partition coefficient (Wildman–Crippen LogP) is 0.395. The number of piperazine rings is 1. The second-order valence-corrected chi connectivity index (χ2v) is 6.49. The topological polar surface area (TPSA) is 95.1 Å². The minimum atomic E-state index is -0.543. The molecule has 142 valence electrons. The summed E-state index contributed by atoms with van der Waals surface area (Å²) in [6, 6.07) is 7.40. The van der Waals surface area contributed by atoms with E-state index in [0.717, 1.165) is 38.3 Å². The van der Waals surface area contributed by atoms with Crippen LogP contribution in [0.3, 0.4) is 0 Å². The van der Waals surface area contributed by atoms with Crippen LogP contribution < -0.4 is 4.74 Å². The number of hydrogen-bond donors (Lipinski definition) is 2. The number of nitrogens with zero attached hydrogens (tertiary/aromatic N) is 4. The summed E-state index contributed by atoms with van der Waals surface area (Å²) < 4.78 is 10.7. The Kier molecular flexibility index (Phi) is 6.56. The Balaban J connectivity index is 1.41. The lowest BCUT2D eigenvalue weighted by molar-refractivity contribution is 0.0428. The zero-order valence-electron chi connectivity index (χ0n) is 15.0. The third kappa shape index (κ3) is 5.25. The van der Waals surface area contributed by atoms with Crippen molar-refractivity contribution in [3.63, 3.8) is 0 Å². The van der Waals surface area contributed by atoms with Crippen molar-refractivity contribution in [1.29, 1.82) is 0 Å². The van der Waals surface area contributed by atoms with E-state index < -0.39 is 6.10 Å². The van der Waals surface area contributed by atoms with Crippen molar-refractivity contribution in [3.05, 3.63) is 30.2 Å². The summed E-state index contributed by atoms with van der Waals surface area (Å²) in [5.41, 5.74) is 0.857. The molecule has 0 aliphatic carbocycles. The van der Waals surface area contributed by atoms with Crippen LogP contribution in [0.1, 0.15) is 5.89 Å². The van der Waals surface area contributed by atoms with Crippen molar-refractivity contribution in [1.82, 2.24) is 19.9 Å². The number of hydrogen-bond acceptors (Lipinski definition) is 8. The van der Waals surface area contributed by atoms with Crippen LogP contribution >= 0.6 is 0 Å². The predicted molar refractivity (Wildman–Crippen MR) is 95.9 cm³/mol. The first kappa shape index (κ1) is 18.8. The van der Waals surface area contributed by atoms with Crippen LogP contribution in [0.25, 0.3) is 11.4 Å². The number of β-amino-alcohol motifs (C(OH)–C–C–N with tert-alkyl or cyclic N) is 2. The van der Waals surface area contributed by atoms with Crippen LogP contribution in [0, 0.1) is 6.92 Å². The number of benzene rings is 1. The summed E-state index contributed by atoms with van der Waals surface area (Å²) in [6.07, 6.45) is -0.543. The number of aliphatic hydroxyl groups excluding tert-OH is 2. The average Bonchev–Trinajstić information content (AvgIpc) is 3.09. The standard InChI is InChI=1S/C18H26N4O4/c1-14-19-18(20-26-14)15-2-4-17(5-3-15)25-13-16(24)12-22-8-6-21(7-9-22)10-11-23/h2-5,16,23-24H,6-13H2,1H3/t16-/m0/s1. The summed E-state index contributed by atoms with van der Waals surface area (Å²) in [5.74, 6) is 1.77. The fourth-order valence-corrected chi connectivity index (χ4v) is 3.00. The third-order valence-corrected chi connectivity index (χ3v) is 4.43. The number of rotatable bonds is 8. The van der Waals surface area contributed by atoms with E-state index in [1.807, 2.05) is 24.3 Å². The Labute approximate surface area is 153 Å². The lowest BCUT2D eigenvalue weighted by Crippen LogP contribution is -2.49. The van der Waals surface area contributed by atoms with E-state index in [9.17, 15) is 5.11 Å². The van der Waals surface area contributed by atoms with E-state index in [4.69, 9.17) is 14.4 Å². The van der Waals surface area contributed by atoms with Crippen LogP contribution in [0.15, 0.2) is 28.8 Å². The van der Waals surface area contributed by atoms with Gasteiger partial charge in [-0.15, -0.1) is 0 Å². The van der Waals surface area contributed by atoms with E-state index in [2.05, 4.69) is 19.9 Å². The summed E-state index contributed by atoms with van der Waals surface area (Å²) in [5, 5.41) is 23.1. The van der Waals surface area contributed by atoms with Crippen molar-refractivity contribution >= 4 is 0 Å². The van der Waals surface area contributed by atoms with Gasteiger partial charge in [0, 0.05) is 51.8 Å². The summed E-state index contributed by atoms with van der Waals surface area (Å²) in [6.45, 7) is 7.15. The molecule has 1 atom stereocenters. The van der Waals surface area contributed by atoms with Crippen LogP contribution in [-0.4, -0.2) is 88.7 Å². The van der Waals surface area contributed by atoms with Gasteiger partial charge >= 0.3 is 0 Å². The first-order valence-electron chi connectivity index (χ1n) is 8.91. The number of aryl methyl sites for hydroxylation is 1. The molecule has 1 fully saturated rings. The molecule has 0 amide bonds. The van der Waals surface area contributed by atoms with Crippen LogP contribution in [-0.2, 0) is 0 Å². The van der Waals surface area contributed by atoms with E-state index >= 15 is 0 Å². The Bertz CT molecular complexity index is 668. The zero-order chi connectivity index (χ0) is 18.4. The largest absolute Gasteiger partial charge is 0.491 e. The minimum absolute atomic E-state index is 0.196. The van der Waals surface area contributed by atoms with Gasteiger partial charge < -0.3 is 19.5 Å². The molecule has 8 heteroatoms. The monoisotopic (exact) mass is 362 g/mol. The Morgan fingerprint density at radius 2 is 1.85 bits per heavy atom. The summed E-state index contributed by atoms with van der Waals surface area (Å²) >= 11 is 0. The Morgan fingerprint density at radius 3 is 2.46 bits per heavy atom. The van der Waals surface area contributed by atoms with Gasteiger partial charge in [0.15, 0.2) is 0 Å². The van der Waals surface area contributed by atoms with Crippen LogP contribution in [0.4, 0.5) is 0 Å². The van der Waals surface area contributed by atoms with E-state index in [-0.39, 0.29) is 13.2 Å². The molecule has 2 heterocycles. The molecule has 0 bridgehead atoms.